The molecule has 1 aliphatic rings. The zero-order chi connectivity index (χ0) is 21.0. The third kappa shape index (κ3) is 5.91. The Hall–Kier alpha value is -2.65. The molecule has 0 bridgehead atoms. The molecule has 2 aromatic rings. The van der Waals surface area contributed by atoms with Crippen LogP contribution in [0.5, 0.6) is 5.88 Å². The molecule has 156 valence electrons. The predicted octanol–water partition coefficient (Wildman–Crippen LogP) is 3.71. The number of hydrogen-bond acceptors (Lipinski definition) is 5. The van der Waals surface area contributed by atoms with E-state index in [1.54, 1.807) is 12.1 Å². The average Bonchev–Trinajstić information content (AvgIpc) is 2.69. The summed E-state index contributed by atoms with van der Waals surface area (Å²) in [5, 5.41) is 6.12. The Morgan fingerprint density at radius 3 is 2.59 bits per heavy atom. The first kappa shape index (κ1) is 21.1. The quantitative estimate of drug-likeness (QED) is 0.788. The van der Waals surface area contributed by atoms with E-state index in [2.05, 4.69) is 27.3 Å². The highest BCUT2D eigenvalue weighted by molar-refractivity contribution is 6.04. The highest BCUT2D eigenvalue weighted by atomic mass is 19.4. The molecule has 1 amide bonds. The van der Waals surface area contributed by atoms with Crippen molar-refractivity contribution in [2.45, 2.75) is 38.3 Å². The van der Waals surface area contributed by atoms with Gasteiger partial charge in [-0.3, -0.25) is 4.79 Å². The third-order valence-electron chi connectivity index (χ3n) is 4.44. The molecule has 0 radical (unpaired) electrons. The molecule has 9 heteroatoms. The average molecular weight is 409 g/mol. The summed E-state index contributed by atoms with van der Waals surface area (Å²) in [5.41, 5.74) is 1.79. The number of aromatic nitrogens is 1. The van der Waals surface area contributed by atoms with Crippen molar-refractivity contribution in [3.63, 3.8) is 0 Å². The lowest BCUT2D eigenvalue weighted by Crippen LogP contribution is -2.45. The highest BCUT2D eigenvalue weighted by Crippen LogP contribution is 2.27. The van der Waals surface area contributed by atoms with E-state index in [0.29, 0.717) is 5.69 Å². The van der Waals surface area contributed by atoms with Gasteiger partial charge in [-0.2, -0.15) is 13.2 Å². The smallest absolute Gasteiger partial charge is 0.422 e. The Bertz CT molecular complexity index is 826. The molecule has 1 aromatic carbocycles. The van der Waals surface area contributed by atoms with Gasteiger partial charge in [0.1, 0.15) is 0 Å². The van der Waals surface area contributed by atoms with E-state index in [9.17, 15) is 18.0 Å². The molecule has 1 saturated heterocycles. The Morgan fingerprint density at radius 1 is 1.24 bits per heavy atom. The minimum absolute atomic E-state index is 0.0723. The summed E-state index contributed by atoms with van der Waals surface area (Å²) >= 11 is 0. The van der Waals surface area contributed by atoms with Crippen molar-refractivity contribution >= 4 is 11.6 Å². The molecule has 1 aliphatic heterocycles. The van der Waals surface area contributed by atoms with Gasteiger partial charge >= 0.3 is 6.18 Å². The van der Waals surface area contributed by atoms with Crippen LogP contribution in [0.1, 0.15) is 35.9 Å². The molecule has 2 N–H and O–H groups in total. The van der Waals surface area contributed by atoms with Gasteiger partial charge in [-0.05, 0) is 37.6 Å². The molecule has 3 rings (SSSR count). The van der Waals surface area contributed by atoms with Crippen molar-refractivity contribution < 1.29 is 27.4 Å². The first-order chi connectivity index (χ1) is 13.7. The highest BCUT2D eigenvalue weighted by Gasteiger charge is 2.29. The maximum atomic E-state index is 12.3. The molecule has 6 nitrogen and oxygen atoms in total. The minimum Gasteiger partial charge on any atom is -0.468 e. The van der Waals surface area contributed by atoms with Gasteiger partial charge in [0.15, 0.2) is 6.61 Å². The summed E-state index contributed by atoms with van der Waals surface area (Å²) in [6.07, 6.45) is -3.23. The molecular weight excluding hydrogens is 387 g/mol. The monoisotopic (exact) mass is 409 g/mol. The second kappa shape index (κ2) is 8.79. The second-order valence-electron chi connectivity index (χ2n) is 6.93. The molecule has 0 aliphatic carbocycles. The maximum absolute atomic E-state index is 12.3. The van der Waals surface area contributed by atoms with Crippen molar-refractivity contribution in [3.05, 3.63) is 53.7 Å². The Kier molecular flexibility index (Phi) is 6.39. The number of carbonyl (C=O) groups excluding carboxylic acids is 1. The summed E-state index contributed by atoms with van der Waals surface area (Å²) in [6.45, 7) is 3.44. The fraction of sp³-hybridized carbons (Fsp3) is 0.400. The van der Waals surface area contributed by atoms with Crippen LogP contribution in [0.15, 0.2) is 42.6 Å². The van der Waals surface area contributed by atoms with Crippen molar-refractivity contribution in [1.29, 1.82) is 0 Å². The van der Waals surface area contributed by atoms with Crippen molar-refractivity contribution in [3.8, 4) is 5.88 Å². The number of nitrogens with one attached hydrogen (secondary N) is 2. The Morgan fingerprint density at radius 2 is 1.97 bits per heavy atom. The van der Waals surface area contributed by atoms with E-state index in [0.717, 1.165) is 12.1 Å². The van der Waals surface area contributed by atoms with Crippen LogP contribution in [-0.2, 0) is 4.74 Å². The van der Waals surface area contributed by atoms with Crippen LogP contribution in [0.2, 0.25) is 0 Å². The number of anilines is 1. The molecule has 0 unspecified atom stereocenters. The van der Waals surface area contributed by atoms with E-state index in [1.165, 1.54) is 18.3 Å². The van der Waals surface area contributed by atoms with Crippen molar-refractivity contribution in [2.75, 3.05) is 18.5 Å². The molecule has 1 fully saturated rings. The van der Waals surface area contributed by atoms with Crippen LogP contribution in [0.3, 0.4) is 0 Å². The molecule has 1 aromatic heterocycles. The van der Waals surface area contributed by atoms with Gasteiger partial charge in [0.25, 0.3) is 5.91 Å². The van der Waals surface area contributed by atoms with E-state index >= 15 is 0 Å². The first-order valence-electron chi connectivity index (χ1n) is 9.17. The number of morpholine rings is 1. The van der Waals surface area contributed by atoms with Crippen molar-refractivity contribution in [1.82, 2.24) is 10.3 Å². The number of ether oxygens (including phenoxy) is 2. The topological polar surface area (TPSA) is 72.5 Å². The van der Waals surface area contributed by atoms with Gasteiger partial charge in [0, 0.05) is 30.5 Å². The van der Waals surface area contributed by atoms with E-state index < -0.39 is 18.7 Å². The zero-order valence-corrected chi connectivity index (χ0v) is 16.0. The van der Waals surface area contributed by atoms with Crippen LogP contribution < -0.4 is 15.4 Å². The van der Waals surface area contributed by atoms with E-state index in [1.807, 2.05) is 19.1 Å². The third-order valence-corrected chi connectivity index (χ3v) is 4.44. The maximum Gasteiger partial charge on any atom is 0.422 e. The van der Waals surface area contributed by atoms with E-state index in [-0.39, 0.29) is 29.7 Å². The molecule has 3 atom stereocenters. The number of benzene rings is 1. The van der Waals surface area contributed by atoms with E-state index in [4.69, 9.17) is 4.74 Å². The number of pyridine rings is 1. The number of halogens is 3. The fourth-order valence-electron chi connectivity index (χ4n) is 2.96. The second-order valence-corrected chi connectivity index (χ2v) is 6.93. The van der Waals surface area contributed by atoms with Crippen LogP contribution in [0, 0.1) is 0 Å². The van der Waals surface area contributed by atoms with Gasteiger partial charge < -0.3 is 20.1 Å². The summed E-state index contributed by atoms with van der Waals surface area (Å²) in [6, 6.07) is 10.1. The summed E-state index contributed by atoms with van der Waals surface area (Å²) in [7, 11) is 0. The normalized spacial score (nSPS) is 22.2. The Labute approximate surface area is 166 Å². The molecular formula is C20H22F3N3O3. The number of carbonyl (C=O) groups is 1. The lowest BCUT2D eigenvalue weighted by atomic mass is 10.0. The number of rotatable bonds is 5. The first-order valence-corrected chi connectivity index (χ1v) is 9.17. The van der Waals surface area contributed by atoms with Gasteiger partial charge in [-0.25, -0.2) is 4.98 Å². The van der Waals surface area contributed by atoms with Gasteiger partial charge in [0.2, 0.25) is 5.88 Å². The van der Waals surface area contributed by atoms with Gasteiger partial charge in [-0.1, -0.05) is 12.1 Å². The zero-order valence-electron chi connectivity index (χ0n) is 16.0. The van der Waals surface area contributed by atoms with Gasteiger partial charge in [-0.15, -0.1) is 0 Å². The number of hydrogen-bond donors (Lipinski definition) is 2. The van der Waals surface area contributed by atoms with Gasteiger partial charge in [0.05, 0.1) is 17.8 Å². The standard InChI is InChI=1S/C20H22F3N3O3/c1-12-9-24-13(2)18(29-12)14-3-6-16(7-4-14)26-19(27)15-5-8-17(25-10-15)28-11-20(21,22)23/h3-8,10,12-13,18,24H,9,11H2,1-2H3,(H,26,27)/t12-,13-,18-/m1/s1. The summed E-state index contributed by atoms with van der Waals surface area (Å²) in [4.78, 5) is 16.0. The minimum atomic E-state index is -4.45. The van der Waals surface area contributed by atoms with Crippen LogP contribution in [0.4, 0.5) is 18.9 Å². The summed E-state index contributed by atoms with van der Waals surface area (Å²) < 4.78 is 47.0. The SMILES string of the molecule is C[C@@H]1CN[C@H](C)[C@H](c2ccc(NC(=O)c3ccc(OCC(F)(F)F)nc3)cc2)O1. The lowest BCUT2D eigenvalue weighted by Gasteiger charge is -2.34. The number of nitrogens with zero attached hydrogens (tertiary/aromatic N) is 1. The molecule has 29 heavy (non-hydrogen) atoms. The van der Waals surface area contributed by atoms with Crippen molar-refractivity contribution in [2.24, 2.45) is 0 Å². The molecule has 0 saturated carbocycles. The largest absolute Gasteiger partial charge is 0.468 e. The number of alkyl halides is 3. The Balaban J connectivity index is 1.59. The lowest BCUT2D eigenvalue weighted by molar-refractivity contribution is -0.154. The van der Waals surface area contributed by atoms with Crippen LogP contribution >= 0.6 is 0 Å². The number of amides is 1. The summed E-state index contributed by atoms with van der Waals surface area (Å²) in [5.74, 6) is -0.627. The molecule has 2 heterocycles. The van der Waals surface area contributed by atoms with Crippen LogP contribution in [0.25, 0.3) is 0 Å². The fourth-order valence-corrected chi connectivity index (χ4v) is 2.96. The predicted molar refractivity (Wildman–Crippen MR) is 101 cm³/mol. The van der Waals surface area contributed by atoms with Crippen LogP contribution in [-0.4, -0.2) is 42.4 Å². The molecule has 0 spiro atoms.